The maximum Gasteiger partial charge on any atom is -0.00489 e. The Balaban J connectivity index is 0.000000360. The summed E-state index contributed by atoms with van der Waals surface area (Å²) in [5, 5.41) is 3.28. The highest BCUT2D eigenvalue weighted by Crippen LogP contribution is 1.96. The Morgan fingerprint density at radius 3 is 1.57 bits per heavy atom. The minimum Gasteiger partial charge on any atom is -0.412 e. The number of nitrogens with one attached hydrogen (secondary N) is 1. The van der Waals surface area contributed by atoms with Crippen LogP contribution >= 0.6 is 0 Å². The summed E-state index contributed by atoms with van der Waals surface area (Å²) in [5.74, 6) is 0. The maximum absolute atomic E-state index is 3.28. The number of hydrogen-bond acceptors (Lipinski definition) is 1. The molecule has 3 N–H and O–H groups in total. The molecule has 0 spiro atoms. The lowest BCUT2D eigenvalue weighted by atomic mass is 10.2. The third kappa shape index (κ3) is 2.60. The van der Waals surface area contributed by atoms with Gasteiger partial charge in [0.1, 0.15) is 0 Å². The predicted molar refractivity (Wildman–Crippen MR) is 30.3 cm³/mol. The van der Waals surface area contributed by atoms with Crippen LogP contribution in [0, 0.1) is 0 Å². The Hall–Kier alpha value is -0.0800. The molecule has 0 aliphatic carbocycles. The average Bonchev–Trinajstić information content (AvgIpc) is 1.72. The average molecular weight is 103 g/mol. The van der Waals surface area contributed by atoms with Crippen LogP contribution in [0.25, 0.3) is 0 Å². The van der Waals surface area contributed by atoms with Gasteiger partial charge in [0.25, 0.3) is 0 Å². The molecule has 0 aromatic carbocycles. The number of piperidine rings is 1. The highest BCUT2D eigenvalue weighted by atomic mass is 16.0. The van der Waals surface area contributed by atoms with Crippen molar-refractivity contribution >= 4 is 0 Å². The monoisotopic (exact) mass is 103 g/mol. The Bertz CT molecular complexity index is 23.6. The largest absolute Gasteiger partial charge is 0.412 e. The molecule has 0 aromatic rings. The Labute approximate surface area is 44.2 Å². The summed E-state index contributed by atoms with van der Waals surface area (Å²) in [6.07, 6.45) is 4.22. The zero-order valence-electron chi connectivity index (χ0n) is 4.54. The Morgan fingerprint density at radius 2 is 1.43 bits per heavy atom. The van der Waals surface area contributed by atoms with E-state index in [1.807, 2.05) is 0 Å². The predicted octanol–water partition coefficient (Wildman–Crippen LogP) is -0.0648. The van der Waals surface area contributed by atoms with E-state index in [4.69, 9.17) is 0 Å². The molecule has 1 heterocycles. The van der Waals surface area contributed by atoms with Gasteiger partial charge in [-0.25, -0.2) is 0 Å². The van der Waals surface area contributed by atoms with Gasteiger partial charge in [0.2, 0.25) is 0 Å². The SMILES string of the molecule is C1CCNCC1.O. The van der Waals surface area contributed by atoms with E-state index in [-0.39, 0.29) is 5.48 Å². The van der Waals surface area contributed by atoms with Crippen molar-refractivity contribution in [3.63, 3.8) is 0 Å². The molecular weight excluding hydrogens is 90.1 g/mol. The highest BCUT2D eigenvalue weighted by Gasteiger charge is 1.93. The van der Waals surface area contributed by atoms with Crippen molar-refractivity contribution < 1.29 is 5.48 Å². The van der Waals surface area contributed by atoms with Gasteiger partial charge in [-0.2, -0.15) is 0 Å². The zero-order chi connectivity index (χ0) is 4.24. The molecule has 44 valence electrons. The summed E-state index contributed by atoms with van der Waals surface area (Å²) >= 11 is 0. The van der Waals surface area contributed by atoms with Gasteiger partial charge in [-0.1, -0.05) is 6.42 Å². The standard InChI is InChI=1S/C5H11N.H2O/c1-2-4-6-5-3-1;/h6H,1-5H2;1H2. The van der Waals surface area contributed by atoms with Crippen LogP contribution in [-0.4, -0.2) is 18.6 Å². The summed E-state index contributed by atoms with van der Waals surface area (Å²) in [6, 6.07) is 0. The molecule has 0 unspecified atom stereocenters. The highest BCUT2D eigenvalue weighted by molar-refractivity contribution is 4.55. The van der Waals surface area contributed by atoms with Crippen molar-refractivity contribution in [2.45, 2.75) is 19.3 Å². The van der Waals surface area contributed by atoms with Crippen LogP contribution in [-0.2, 0) is 0 Å². The summed E-state index contributed by atoms with van der Waals surface area (Å²) in [7, 11) is 0. The molecule has 1 saturated heterocycles. The van der Waals surface area contributed by atoms with Crippen molar-refractivity contribution in [2.24, 2.45) is 0 Å². The van der Waals surface area contributed by atoms with Crippen molar-refractivity contribution in [3.8, 4) is 0 Å². The van der Waals surface area contributed by atoms with Crippen LogP contribution < -0.4 is 5.32 Å². The van der Waals surface area contributed by atoms with E-state index in [2.05, 4.69) is 5.32 Å². The first-order valence-corrected chi connectivity index (χ1v) is 2.71. The molecule has 0 amide bonds. The fraction of sp³-hybridized carbons (Fsp3) is 1.00. The molecule has 0 saturated carbocycles. The Kier molecular flexibility index (Phi) is 4.04. The van der Waals surface area contributed by atoms with Gasteiger partial charge in [0.15, 0.2) is 0 Å². The van der Waals surface area contributed by atoms with Crippen molar-refractivity contribution in [2.75, 3.05) is 13.1 Å². The third-order valence-electron chi connectivity index (χ3n) is 1.21. The summed E-state index contributed by atoms with van der Waals surface area (Å²) in [6.45, 7) is 2.50. The lowest BCUT2D eigenvalue weighted by Gasteiger charge is -2.08. The lowest BCUT2D eigenvalue weighted by molar-refractivity contribution is 0.520. The molecule has 0 aromatic heterocycles. The van der Waals surface area contributed by atoms with Gasteiger partial charge in [0, 0.05) is 0 Å². The first kappa shape index (κ1) is 6.92. The molecule has 0 radical (unpaired) electrons. The van der Waals surface area contributed by atoms with Crippen molar-refractivity contribution in [1.82, 2.24) is 5.32 Å². The fourth-order valence-electron chi connectivity index (χ4n) is 0.802. The van der Waals surface area contributed by atoms with E-state index < -0.39 is 0 Å². The normalized spacial score (nSPS) is 20.6. The fourth-order valence-corrected chi connectivity index (χ4v) is 0.802. The topological polar surface area (TPSA) is 43.5 Å². The number of rotatable bonds is 0. The quantitative estimate of drug-likeness (QED) is 0.458. The van der Waals surface area contributed by atoms with E-state index >= 15 is 0 Å². The molecule has 0 atom stereocenters. The molecular formula is C5H13NO. The van der Waals surface area contributed by atoms with E-state index in [1.54, 1.807) is 0 Å². The van der Waals surface area contributed by atoms with E-state index in [0.717, 1.165) is 0 Å². The summed E-state index contributed by atoms with van der Waals surface area (Å²) in [4.78, 5) is 0. The van der Waals surface area contributed by atoms with E-state index in [0.29, 0.717) is 0 Å². The van der Waals surface area contributed by atoms with Gasteiger partial charge in [-0.3, -0.25) is 0 Å². The van der Waals surface area contributed by atoms with Crippen LogP contribution in [0.1, 0.15) is 19.3 Å². The van der Waals surface area contributed by atoms with Crippen LogP contribution in [0.2, 0.25) is 0 Å². The molecule has 7 heavy (non-hydrogen) atoms. The van der Waals surface area contributed by atoms with Crippen LogP contribution in [0.4, 0.5) is 0 Å². The summed E-state index contributed by atoms with van der Waals surface area (Å²) < 4.78 is 0. The van der Waals surface area contributed by atoms with E-state index in [1.165, 1.54) is 32.4 Å². The molecule has 1 aliphatic rings. The van der Waals surface area contributed by atoms with Crippen LogP contribution in [0.15, 0.2) is 0 Å². The van der Waals surface area contributed by atoms with Gasteiger partial charge >= 0.3 is 0 Å². The van der Waals surface area contributed by atoms with Gasteiger partial charge in [-0.05, 0) is 25.9 Å². The first-order chi connectivity index (χ1) is 3.00. The van der Waals surface area contributed by atoms with Crippen molar-refractivity contribution in [3.05, 3.63) is 0 Å². The molecule has 2 heteroatoms. The first-order valence-electron chi connectivity index (χ1n) is 2.71. The minimum atomic E-state index is 0. The Morgan fingerprint density at radius 1 is 0.857 bits per heavy atom. The number of hydrogen-bond donors (Lipinski definition) is 1. The lowest BCUT2D eigenvalue weighted by Crippen LogP contribution is -2.21. The second kappa shape index (κ2) is 4.09. The molecule has 1 fully saturated rings. The minimum absolute atomic E-state index is 0. The summed E-state index contributed by atoms with van der Waals surface area (Å²) in [5.41, 5.74) is 0. The van der Waals surface area contributed by atoms with Gasteiger partial charge in [-0.15, -0.1) is 0 Å². The van der Waals surface area contributed by atoms with Crippen LogP contribution in [0.3, 0.4) is 0 Å². The second-order valence-electron chi connectivity index (χ2n) is 1.81. The van der Waals surface area contributed by atoms with Gasteiger partial charge < -0.3 is 10.8 Å². The smallest absolute Gasteiger partial charge is 0.00489 e. The van der Waals surface area contributed by atoms with Crippen LogP contribution in [0.5, 0.6) is 0 Å². The molecule has 2 nitrogen and oxygen atoms in total. The van der Waals surface area contributed by atoms with E-state index in [9.17, 15) is 0 Å². The van der Waals surface area contributed by atoms with Crippen molar-refractivity contribution in [1.29, 1.82) is 0 Å². The van der Waals surface area contributed by atoms with Gasteiger partial charge in [0.05, 0.1) is 0 Å². The molecule has 1 aliphatic heterocycles. The molecule has 0 bridgehead atoms. The maximum atomic E-state index is 3.28. The zero-order valence-corrected chi connectivity index (χ0v) is 4.54. The molecule has 1 rings (SSSR count). The third-order valence-corrected chi connectivity index (χ3v) is 1.21. The second-order valence-corrected chi connectivity index (χ2v) is 1.81.